The second-order valence-corrected chi connectivity index (χ2v) is 14.7. The first-order valence-corrected chi connectivity index (χ1v) is 17.2. The highest BCUT2D eigenvalue weighted by Gasteiger charge is 2.76. The monoisotopic (exact) mass is 675 g/mol. The number of alkyl halides is 1. The molecule has 43 heavy (non-hydrogen) atoms. The molecule has 3 fully saturated rings. The number of nitrogens with zero attached hydrogens (tertiary/aromatic N) is 3. The van der Waals surface area contributed by atoms with Crippen LogP contribution in [0.4, 0.5) is 5.69 Å². The summed E-state index contributed by atoms with van der Waals surface area (Å²) >= 11 is 5.49. The van der Waals surface area contributed by atoms with Crippen LogP contribution in [0.1, 0.15) is 47.0 Å². The average molecular weight is 677 g/mol. The topological polar surface area (TPSA) is 90.4 Å². The molecule has 0 radical (unpaired) electrons. The number of carbonyl (C=O) groups excluding carboxylic acids is 3. The average Bonchev–Trinajstić information content (AvgIpc) is 3.58. The highest BCUT2D eigenvalue weighted by Crippen LogP contribution is 2.68. The molecule has 1 spiro atoms. The van der Waals surface area contributed by atoms with Gasteiger partial charge in [-0.05, 0) is 49.9 Å². The largest absolute Gasteiger partial charge is 0.494 e. The van der Waals surface area contributed by atoms with E-state index >= 15 is 0 Å². The van der Waals surface area contributed by atoms with Gasteiger partial charge in [0, 0.05) is 35.4 Å². The summed E-state index contributed by atoms with van der Waals surface area (Å²) in [6.45, 7) is 17.2. The van der Waals surface area contributed by atoms with Crippen LogP contribution in [0, 0.1) is 17.8 Å². The van der Waals surface area contributed by atoms with Crippen molar-refractivity contribution in [2.75, 3.05) is 37.7 Å². The number of benzene rings is 1. The summed E-state index contributed by atoms with van der Waals surface area (Å²) in [5, 5.41) is 10.4. The van der Waals surface area contributed by atoms with E-state index in [0.29, 0.717) is 37.6 Å². The van der Waals surface area contributed by atoms with Crippen molar-refractivity contribution in [3.63, 3.8) is 0 Å². The fourth-order valence-electron chi connectivity index (χ4n) is 7.10. The van der Waals surface area contributed by atoms with Crippen molar-refractivity contribution in [2.24, 2.45) is 17.8 Å². The smallest absolute Gasteiger partial charge is 0.247 e. The number of carbonyl (C=O) groups is 3. The molecule has 0 aliphatic carbocycles. The Morgan fingerprint density at radius 3 is 2.42 bits per heavy atom. The normalized spacial score (nSPS) is 28.1. The number of unbranched alkanes of at least 4 members (excludes halogenated alkanes) is 1. The van der Waals surface area contributed by atoms with Gasteiger partial charge in [-0.3, -0.25) is 14.4 Å². The van der Waals surface area contributed by atoms with Crippen LogP contribution in [0.25, 0.3) is 0 Å². The van der Waals surface area contributed by atoms with E-state index in [1.165, 1.54) is 0 Å². The van der Waals surface area contributed by atoms with Gasteiger partial charge < -0.3 is 24.5 Å². The van der Waals surface area contributed by atoms with E-state index in [4.69, 9.17) is 4.74 Å². The van der Waals surface area contributed by atoms with Crippen LogP contribution in [0.15, 0.2) is 49.6 Å². The first kappa shape index (κ1) is 33.6. The molecule has 0 saturated carbocycles. The SMILES string of the molecule is C=CCN(CCCC)C(=O)C1N([C@@H](CO)C(C)C)C(=O)[C@@H]2[C@H](C(=O)N(CC=C)c3ccc(OCC)cc3)[C@H]3SC12CC3Br. The molecular formula is C33H46BrN3O5S. The van der Waals surface area contributed by atoms with E-state index in [1.807, 2.05) is 45.0 Å². The molecular weight excluding hydrogens is 630 g/mol. The van der Waals surface area contributed by atoms with E-state index in [0.717, 1.165) is 12.8 Å². The van der Waals surface area contributed by atoms with Crippen LogP contribution in [0.5, 0.6) is 5.75 Å². The minimum Gasteiger partial charge on any atom is -0.494 e. The molecule has 10 heteroatoms. The number of rotatable bonds is 15. The highest BCUT2D eigenvalue weighted by atomic mass is 79.9. The van der Waals surface area contributed by atoms with E-state index in [-0.39, 0.29) is 46.9 Å². The molecule has 236 valence electrons. The van der Waals surface area contributed by atoms with E-state index < -0.39 is 28.7 Å². The first-order valence-electron chi connectivity index (χ1n) is 15.4. The van der Waals surface area contributed by atoms with Gasteiger partial charge in [0.05, 0.1) is 35.8 Å². The fraction of sp³-hybridized carbons (Fsp3) is 0.606. The van der Waals surface area contributed by atoms with Crippen molar-refractivity contribution < 1.29 is 24.2 Å². The van der Waals surface area contributed by atoms with Crippen molar-refractivity contribution in [2.45, 2.75) is 73.9 Å². The van der Waals surface area contributed by atoms with Gasteiger partial charge >= 0.3 is 0 Å². The van der Waals surface area contributed by atoms with E-state index in [2.05, 4.69) is 36.0 Å². The number of hydrogen-bond acceptors (Lipinski definition) is 6. The summed E-state index contributed by atoms with van der Waals surface area (Å²) < 4.78 is 4.81. The summed E-state index contributed by atoms with van der Waals surface area (Å²) in [7, 11) is 0. The molecule has 7 atom stereocenters. The van der Waals surface area contributed by atoms with Crippen molar-refractivity contribution in [3.05, 3.63) is 49.6 Å². The van der Waals surface area contributed by atoms with Crippen molar-refractivity contribution in [1.29, 1.82) is 0 Å². The van der Waals surface area contributed by atoms with Crippen LogP contribution >= 0.6 is 27.7 Å². The Morgan fingerprint density at radius 2 is 1.86 bits per heavy atom. The standard InChI is InChI=1S/C33H46BrN3O5S/c1-7-11-18-35(16-8-2)32(41)29-33-19-24(34)28(43-33)26(27(33)31(40)37(29)25(20-38)21(5)6)30(39)36(17-9-3)22-12-14-23(15-13-22)42-10-4/h8-9,12-15,21,24-29,38H,2-3,7,10-11,16-20H2,1,4-6H3/t24?,25-,26-,27-,28-,29?,33?/m0/s1. The Kier molecular flexibility index (Phi) is 11.1. The lowest BCUT2D eigenvalue weighted by molar-refractivity contribution is -0.146. The summed E-state index contributed by atoms with van der Waals surface area (Å²) in [5.74, 6) is -1.18. The van der Waals surface area contributed by atoms with E-state index in [1.54, 1.807) is 38.6 Å². The highest BCUT2D eigenvalue weighted by molar-refractivity contribution is 9.09. The lowest BCUT2D eigenvalue weighted by Crippen LogP contribution is -2.58. The van der Waals surface area contributed by atoms with Gasteiger partial charge in [0.25, 0.3) is 0 Å². The Balaban J connectivity index is 1.80. The quantitative estimate of drug-likeness (QED) is 0.210. The van der Waals surface area contributed by atoms with Gasteiger partial charge in [-0.1, -0.05) is 55.3 Å². The molecule has 3 aliphatic rings. The fourth-order valence-corrected chi connectivity index (χ4v) is 10.7. The summed E-state index contributed by atoms with van der Waals surface area (Å²) in [6.07, 6.45) is 5.76. The van der Waals surface area contributed by atoms with Crippen LogP contribution in [-0.2, 0) is 14.4 Å². The Bertz CT molecular complexity index is 1200. The molecule has 2 bridgehead atoms. The van der Waals surface area contributed by atoms with Gasteiger partial charge in [0.2, 0.25) is 17.7 Å². The molecule has 1 aromatic rings. The molecule has 3 aliphatic heterocycles. The second kappa shape index (κ2) is 14.2. The Hall–Kier alpha value is -2.30. The number of anilines is 1. The zero-order chi connectivity index (χ0) is 31.5. The lowest BCUT2D eigenvalue weighted by Gasteiger charge is -2.41. The number of halogens is 1. The third kappa shape index (κ3) is 6.03. The predicted molar refractivity (Wildman–Crippen MR) is 177 cm³/mol. The molecule has 4 rings (SSSR count). The summed E-state index contributed by atoms with van der Waals surface area (Å²) in [5.41, 5.74) is 0.698. The molecule has 3 heterocycles. The number of aliphatic hydroxyl groups is 1. The third-order valence-corrected chi connectivity index (χ3v) is 12.3. The molecule has 1 aromatic carbocycles. The molecule has 3 unspecified atom stereocenters. The van der Waals surface area contributed by atoms with E-state index in [9.17, 15) is 19.5 Å². The number of likely N-dealkylation sites (tertiary alicyclic amines) is 1. The number of aliphatic hydroxyl groups excluding tert-OH is 1. The minimum absolute atomic E-state index is 0.0493. The third-order valence-electron chi connectivity index (χ3n) is 9.04. The number of thioether (sulfide) groups is 1. The number of hydrogen-bond donors (Lipinski definition) is 1. The maximum atomic E-state index is 14.6. The van der Waals surface area contributed by atoms with Crippen molar-refractivity contribution in [3.8, 4) is 5.75 Å². The van der Waals surface area contributed by atoms with Gasteiger partial charge in [0.15, 0.2) is 0 Å². The van der Waals surface area contributed by atoms with Crippen LogP contribution in [-0.4, -0.2) is 92.4 Å². The second-order valence-electron chi connectivity index (χ2n) is 12.0. The molecule has 3 amide bonds. The van der Waals surface area contributed by atoms with Gasteiger partial charge in [-0.15, -0.1) is 24.9 Å². The molecule has 8 nitrogen and oxygen atoms in total. The maximum absolute atomic E-state index is 14.6. The van der Waals surface area contributed by atoms with Gasteiger partial charge in [-0.25, -0.2) is 0 Å². The first-order chi connectivity index (χ1) is 20.6. The lowest BCUT2D eigenvalue weighted by atomic mass is 9.70. The maximum Gasteiger partial charge on any atom is 0.247 e. The Morgan fingerprint density at radius 1 is 1.19 bits per heavy atom. The Labute approximate surface area is 269 Å². The van der Waals surface area contributed by atoms with Crippen LogP contribution < -0.4 is 9.64 Å². The number of fused-ring (bicyclic) bond motifs is 1. The molecule has 3 saturated heterocycles. The minimum atomic E-state index is -0.792. The van der Waals surface area contributed by atoms with Gasteiger partial charge in [0.1, 0.15) is 11.8 Å². The predicted octanol–water partition coefficient (Wildman–Crippen LogP) is 4.90. The van der Waals surface area contributed by atoms with Crippen molar-refractivity contribution >= 4 is 51.1 Å². The number of ether oxygens (including phenoxy) is 1. The summed E-state index contributed by atoms with van der Waals surface area (Å²) in [6, 6.07) is 6.05. The van der Waals surface area contributed by atoms with Crippen molar-refractivity contribution in [1.82, 2.24) is 9.80 Å². The summed E-state index contributed by atoms with van der Waals surface area (Å²) in [4.78, 5) is 48.8. The zero-order valence-corrected chi connectivity index (χ0v) is 28.2. The zero-order valence-electron chi connectivity index (χ0n) is 25.8. The van der Waals surface area contributed by atoms with Crippen LogP contribution in [0.2, 0.25) is 0 Å². The number of amides is 3. The van der Waals surface area contributed by atoms with Gasteiger partial charge in [-0.2, -0.15) is 0 Å². The molecule has 1 N–H and O–H groups in total. The molecule has 0 aromatic heterocycles. The van der Waals surface area contributed by atoms with Crippen LogP contribution in [0.3, 0.4) is 0 Å².